The largest absolute Gasteiger partial charge is 0.360 e. The number of rotatable bonds is 0. The second-order valence-corrected chi connectivity index (χ2v) is 1.73. The zero-order valence-corrected chi connectivity index (χ0v) is 5.50. The molecular formula is CH7ClN4O4. The molecule has 0 radical (unpaired) electrons. The van der Waals surface area contributed by atoms with Crippen LogP contribution in [0.5, 0.6) is 0 Å². The molecule has 10 heavy (non-hydrogen) atoms. The predicted molar refractivity (Wildman–Crippen MR) is 18.5 cm³/mol. The summed E-state index contributed by atoms with van der Waals surface area (Å²) in [5.74, 6) is 4.67. The normalized spacial score (nSPS) is 9.20. The van der Waals surface area contributed by atoms with E-state index in [4.69, 9.17) is 30.1 Å². The number of nitrogens with one attached hydrogen (secondary N) is 1. The van der Waals surface area contributed by atoms with Gasteiger partial charge in [-0.2, -0.15) is 5.10 Å². The van der Waals surface area contributed by atoms with Gasteiger partial charge in [0.1, 0.15) is 0 Å². The molecule has 0 fully saturated rings. The molecule has 0 aliphatic carbocycles. The molecule has 0 aromatic carbocycles. The van der Waals surface area contributed by atoms with Crippen LogP contribution in [0.2, 0.25) is 0 Å². The van der Waals surface area contributed by atoms with E-state index in [1.165, 1.54) is 0 Å². The maximum Gasteiger partial charge on any atom is 0.360 e. The number of hydrogen-bond donors (Lipinski definition) is 4. The number of nitrogens with two attached hydrogens (primary N) is 3. The van der Waals surface area contributed by atoms with Crippen LogP contribution in [0.1, 0.15) is 0 Å². The van der Waals surface area contributed by atoms with Crippen molar-refractivity contribution in [2.75, 3.05) is 0 Å². The van der Waals surface area contributed by atoms with E-state index in [0.29, 0.717) is 0 Å². The smallest absolute Gasteiger partial charge is 0.296 e. The Hall–Kier alpha value is -0.800. The molecule has 0 unspecified atom stereocenters. The Labute approximate surface area is 58.3 Å². The van der Waals surface area contributed by atoms with E-state index < -0.39 is 10.2 Å². The standard InChI is InChI=1S/CH6N4.ClHO4/c2-1(3)5-4;2-1(3,4)5/h4H2,(H4,2,3,5);(H,2,3,4,5). The van der Waals surface area contributed by atoms with Gasteiger partial charge in [0.25, 0.3) is 0 Å². The molecule has 0 aromatic rings. The first-order chi connectivity index (χ1) is 4.27. The van der Waals surface area contributed by atoms with E-state index in [0.717, 1.165) is 0 Å². The maximum atomic E-state index is 8.49. The van der Waals surface area contributed by atoms with Crippen LogP contribution in [-0.2, 0) is 0 Å². The summed E-state index contributed by atoms with van der Waals surface area (Å²) in [6.07, 6.45) is 0. The Bertz CT molecular complexity index is 98.3. The molecule has 0 rings (SSSR count). The lowest BCUT2D eigenvalue weighted by Crippen LogP contribution is -2.84. The van der Waals surface area contributed by atoms with Crippen molar-refractivity contribution in [3.8, 4) is 0 Å². The summed E-state index contributed by atoms with van der Waals surface area (Å²) >= 11 is 0. The molecule has 0 aromatic heterocycles. The molecule has 0 spiro atoms. The summed E-state index contributed by atoms with van der Waals surface area (Å²) in [4.78, 5) is 0. The molecule has 62 valence electrons. The third-order valence-corrected chi connectivity index (χ3v) is 0.167. The van der Waals surface area contributed by atoms with Gasteiger partial charge in [-0.25, -0.2) is 18.6 Å². The van der Waals surface area contributed by atoms with Crippen molar-refractivity contribution in [3.63, 3.8) is 0 Å². The number of halogens is 1. The van der Waals surface area contributed by atoms with Gasteiger partial charge in [-0.15, -0.1) is 10.2 Å². The molecule has 8 nitrogen and oxygen atoms in total. The third kappa shape index (κ3) is 192. The fourth-order valence-corrected chi connectivity index (χ4v) is 0. The SMILES string of the molecule is N[NH+]=C(N)N.[O-][Cl+3]([O-])([O-])[O-]. The zero-order valence-electron chi connectivity index (χ0n) is 4.74. The Balaban J connectivity index is 0. The van der Waals surface area contributed by atoms with Crippen molar-refractivity contribution in [1.29, 1.82) is 0 Å². The maximum absolute atomic E-state index is 8.49. The van der Waals surface area contributed by atoms with Gasteiger partial charge in [0.05, 0.1) is 0 Å². The van der Waals surface area contributed by atoms with Crippen LogP contribution >= 0.6 is 0 Å². The lowest BCUT2D eigenvalue weighted by Gasteiger charge is -2.17. The van der Waals surface area contributed by atoms with E-state index in [1.54, 1.807) is 0 Å². The molecule has 0 aliphatic rings. The van der Waals surface area contributed by atoms with Crippen molar-refractivity contribution in [1.82, 2.24) is 0 Å². The molecule has 0 amide bonds. The summed E-state index contributed by atoms with van der Waals surface area (Å²) in [6.45, 7) is 0. The molecule has 0 atom stereocenters. The molecule has 0 saturated heterocycles. The minimum atomic E-state index is -4.94. The van der Waals surface area contributed by atoms with Crippen molar-refractivity contribution in [3.05, 3.63) is 0 Å². The summed E-state index contributed by atoms with van der Waals surface area (Å²) < 4.78 is 34.0. The first-order valence-corrected chi connectivity index (χ1v) is 2.97. The van der Waals surface area contributed by atoms with E-state index in [2.05, 4.69) is 5.84 Å². The highest BCUT2D eigenvalue weighted by molar-refractivity contribution is 5.68. The highest BCUT2D eigenvalue weighted by Gasteiger charge is 1.84. The fraction of sp³-hybridized carbons (Fsp3) is 0. The number of hydrogen-bond acceptors (Lipinski definition) is 5. The Morgan fingerprint density at radius 3 is 1.20 bits per heavy atom. The van der Waals surface area contributed by atoms with Crippen molar-refractivity contribution < 1.29 is 34.0 Å². The number of guanidine groups is 1. The van der Waals surface area contributed by atoms with Crippen LogP contribution in [0.3, 0.4) is 0 Å². The molecule has 9 heteroatoms. The molecule has 0 bridgehead atoms. The van der Waals surface area contributed by atoms with Gasteiger partial charge in [-0.1, -0.05) is 0 Å². The fourth-order valence-electron chi connectivity index (χ4n) is 0. The minimum absolute atomic E-state index is 0.0324. The molecule has 0 heterocycles. The summed E-state index contributed by atoms with van der Waals surface area (Å²) in [5, 5.41) is 2.00. The average Bonchev–Trinajstić information content (AvgIpc) is 1.61. The molecule has 7 N–H and O–H groups in total. The monoisotopic (exact) mass is 174 g/mol. The van der Waals surface area contributed by atoms with Crippen molar-refractivity contribution >= 4 is 5.96 Å². The van der Waals surface area contributed by atoms with Crippen molar-refractivity contribution in [2.24, 2.45) is 17.3 Å². The van der Waals surface area contributed by atoms with Crippen LogP contribution in [0.4, 0.5) is 0 Å². The predicted octanol–water partition coefficient (Wildman–Crippen LogP) is -8.54. The quantitative estimate of drug-likeness (QED) is 0.121. The van der Waals surface area contributed by atoms with Gasteiger partial charge >= 0.3 is 5.96 Å². The Morgan fingerprint density at radius 1 is 1.10 bits per heavy atom. The first kappa shape index (κ1) is 11.9. The van der Waals surface area contributed by atoms with Gasteiger partial charge in [0, 0.05) is 0 Å². The Morgan fingerprint density at radius 2 is 1.20 bits per heavy atom. The molecule has 0 saturated carbocycles. The molecular weight excluding hydrogens is 167 g/mol. The van der Waals surface area contributed by atoms with Gasteiger partial charge in [0.15, 0.2) is 0 Å². The van der Waals surface area contributed by atoms with Gasteiger partial charge in [-0.05, 0) is 0 Å². The number of hydrazine groups is 1. The number of hydrazone groups is 1. The topological polar surface area (TPSA) is 184 Å². The van der Waals surface area contributed by atoms with Gasteiger partial charge < -0.3 is 0 Å². The first-order valence-electron chi connectivity index (χ1n) is 1.73. The van der Waals surface area contributed by atoms with Crippen LogP contribution < -0.4 is 41.0 Å². The zero-order chi connectivity index (χ0) is 8.78. The lowest BCUT2D eigenvalue weighted by atomic mass is 11.1. The van der Waals surface area contributed by atoms with E-state index in [9.17, 15) is 0 Å². The summed E-state index contributed by atoms with van der Waals surface area (Å²) in [7, 11) is -4.94. The second-order valence-electron chi connectivity index (χ2n) is 0.978. The summed E-state index contributed by atoms with van der Waals surface area (Å²) in [6, 6.07) is 0. The lowest BCUT2D eigenvalue weighted by molar-refractivity contribution is -2.00. The van der Waals surface area contributed by atoms with Gasteiger partial charge in [-0.3, -0.25) is 17.3 Å². The third-order valence-electron chi connectivity index (χ3n) is 0.167. The van der Waals surface area contributed by atoms with Gasteiger partial charge in [0.2, 0.25) is 0 Å². The summed E-state index contributed by atoms with van der Waals surface area (Å²) in [5.41, 5.74) is 9.50. The Kier molecular flexibility index (Phi) is 5.99. The van der Waals surface area contributed by atoms with Crippen LogP contribution in [-0.4, -0.2) is 5.96 Å². The molecule has 0 aliphatic heterocycles. The second kappa shape index (κ2) is 5.02. The van der Waals surface area contributed by atoms with Crippen LogP contribution in [0.25, 0.3) is 0 Å². The van der Waals surface area contributed by atoms with Crippen molar-refractivity contribution in [2.45, 2.75) is 0 Å². The van der Waals surface area contributed by atoms with Crippen LogP contribution in [0.15, 0.2) is 0 Å². The van der Waals surface area contributed by atoms with Crippen LogP contribution in [0, 0.1) is 10.2 Å². The van der Waals surface area contributed by atoms with E-state index in [-0.39, 0.29) is 5.96 Å². The van der Waals surface area contributed by atoms with E-state index in [1.807, 2.05) is 5.10 Å². The average molecular weight is 175 g/mol. The van der Waals surface area contributed by atoms with E-state index >= 15 is 0 Å². The highest BCUT2D eigenvalue weighted by atomic mass is 35.7. The highest BCUT2D eigenvalue weighted by Crippen LogP contribution is 1.49. The minimum Gasteiger partial charge on any atom is -0.296 e.